The van der Waals surface area contributed by atoms with E-state index < -0.39 is 17.8 Å². The quantitative estimate of drug-likeness (QED) is 0.509. The van der Waals surface area contributed by atoms with Gasteiger partial charge in [0.25, 0.3) is 5.91 Å². The van der Waals surface area contributed by atoms with Crippen molar-refractivity contribution in [2.24, 2.45) is 0 Å². The Morgan fingerprint density at radius 1 is 1.03 bits per heavy atom. The van der Waals surface area contributed by atoms with Crippen molar-refractivity contribution in [3.8, 4) is 5.69 Å². The predicted molar refractivity (Wildman–Crippen MR) is 114 cm³/mol. The number of nitrogens with zero attached hydrogens (tertiary/aromatic N) is 2. The summed E-state index contributed by atoms with van der Waals surface area (Å²) in [6.45, 7) is 1.60. The summed E-state index contributed by atoms with van der Waals surface area (Å²) in [4.78, 5) is 38.0. The Kier molecular flexibility index (Phi) is 5.17. The van der Waals surface area contributed by atoms with Gasteiger partial charge in [-0.15, -0.1) is 0 Å². The summed E-state index contributed by atoms with van der Waals surface area (Å²) >= 11 is 0. The Morgan fingerprint density at radius 3 is 2.40 bits per heavy atom. The summed E-state index contributed by atoms with van der Waals surface area (Å²) in [7, 11) is 0. The molecule has 2 aromatic carbocycles. The van der Waals surface area contributed by atoms with Crippen LogP contribution in [0.5, 0.6) is 0 Å². The van der Waals surface area contributed by atoms with Crippen LogP contribution in [0.4, 0.5) is 10.5 Å². The molecule has 1 saturated heterocycles. The summed E-state index contributed by atoms with van der Waals surface area (Å²) in [6, 6.07) is 20.0. The lowest BCUT2D eigenvalue weighted by Crippen LogP contribution is -2.38. The molecular weight excluding hydrogens is 380 g/mol. The van der Waals surface area contributed by atoms with Crippen molar-refractivity contribution >= 4 is 29.6 Å². The van der Waals surface area contributed by atoms with Gasteiger partial charge in [0.2, 0.25) is 5.91 Å². The number of hydrogen-bond donors (Lipinski definition) is 2. The van der Waals surface area contributed by atoms with E-state index >= 15 is 0 Å². The van der Waals surface area contributed by atoms with Gasteiger partial charge in [-0.3, -0.25) is 9.59 Å². The van der Waals surface area contributed by atoms with Crippen molar-refractivity contribution in [2.45, 2.75) is 6.92 Å². The van der Waals surface area contributed by atoms with E-state index in [2.05, 4.69) is 10.6 Å². The Bertz CT molecular complexity index is 1130. The number of aromatic nitrogens is 1. The second-order valence-corrected chi connectivity index (χ2v) is 6.91. The molecule has 0 saturated carbocycles. The number of anilines is 1. The third-order valence-corrected chi connectivity index (χ3v) is 4.70. The van der Waals surface area contributed by atoms with Gasteiger partial charge in [0.1, 0.15) is 12.2 Å². The molecule has 1 aliphatic heterocycles. The number of nitrogens with one attached hydrogen (secondary N) is 2. The number of para-hydroxylation sites is 2. The average molecular weight is 400 g/mol. The second kappa shape index (κ2) is 8.08. The topological polar surface area (TPSA) is 83.4 Å². The number of urea groups is 1. The lowest BCUT2D eigenvalue weighted by Gasteiger charge is -2.11. The van der Waals surface area contributed by atoms with Gasteiger partial charge >= 0.3 is 6.03 Å². The molecule has 30 heavy (non-hydrogen) atoms. The van der Waals surface area contributed by atoms with Crippen LogP contribution in [-0.4, -0.2) is 33.9 Å². The maximum atomic E-state index is 12.7. The Morgan fingerprint density at radius 2 is 1.70 bits per heavy atom. The smallest absolute Gasteiger partial charge is 0.325 e. The zero-order valence-electron chi connectivity index (χ0n) is 16.3. The summed E-state index contributed by atoms with van der Waals surface area (Å²) < 4.78 is 2.00. The Labute approximate surface area is 173 Å². The van der Waals surface area contributed by atoms with Gasteiger partial charge in [-0.05, 0) is 48.9 Å². The zero-order chi connectivity index (χ0) is 21.1. The van der Waals surface area contributed by atoms with Gasteiger partial charge < -0.3 is 15.2 Å². The fraction of sp³-hybridized carbons (Fsp3) is 0.0870. The van der Waals surface area contributed by atoms with Crippen molar-refractivity contribution < 1.29 is 14.4 Å². The standard InChI is InChI=1S/C23H20N4O3/c1-16-12-17(14-26(16)19-10-6-3-7-11-19)13-20-22(29)27(23(30)25-20)15-21(28)24-18-8-4-2-5-9-18/h2-14H,15H2,1H3,(H,24,28)(H,25,30)/b20-13+. The van der Waals surface area contributed by atoms with Crippen molar-refractivity contribution in [3.05, 3.63) is 89.9 Å². The molecule has 3 aromatic rings. The molecule has 0 spiro atoms. The van der Waals surface area contributed by atoms with Gasteiger partial charge in [0.15, 0.2) is 0 Å². The van der Waals surface area contributed by atoms with Crippen LogP contribution in [0.3, 0.4) is 0 Å². The van der Waals surface area contributed by atoms with Gasteiger partial charge in [0, 0.05) is 23.3 Å². The van der Waals surface area contributed by atoms with E-state index in [-0.39, 0.29) is 12.2 Å². The van der Waals surface area contributed by atoms with Crippen molar-refractivity contribution in [1.29, 1.82) is 0 Å². The molecule has 1 aliphatic rings. The third kappa shape index (κ3) is 4.00. The highest BCUT2D eigenvalue weighted by Crippen LogP contribution is 2.19. The predicted octanol–water partition coefficient (Wildman–Crippen LogP) is 3.32. The van der Waals surface area contributed by atoms with E-state index in [4.69, 9.17) is 0 Å². The molecule has 0 radical (unpaired) electrons. The van der Waals surface area contributed by atoms with E-state index in [1.54, 1.807) is 30.3 Å². The van der Waals surface area contributed by atoms with E-state index in [1.807, 2.05) is 60.2 Å². The molecule has 150 valence electrons. The molecule has 0 atom stereocenters. The molecule has 7 nitrogen and oxygen atoms in total. The first kappa shape index (κ1) is 19.2. The number of carbonyl (C=O) groups is 3. The SMILES string of the molecule is Cc1cc(/C=C2/NC(=O)N(CC(=O)Nc3ccccc3)C2=O)cn1-c1ccccc1. The molecule has 2 N–H and O–H groups in total. The normalized spacial score (nSPS) is 14.8. The Hall–Kier alpha value is -4.13. The molecule has 1 fully saturated rings. The van der Waals surface area contributed by atoms with Crippen molar-refractivity contribution in [3.63, 3.8) is 0 Å². The van der Waals surface area contributed by atoms with Crippen LogP contribution in [0.2, 0.25) is 0 Å². The molecule has 1 aromatic heterocycles. The van der Waals surface area contributed by atoms with Crippen molar-refractivity contribution in [1.82, 2.24) is 14.8 Å². The number of amides is 4. The maximum absolute atomic E-state index is 12.7. The highest BCUT2D eigenvalue weighted by Gasteiger charge is 2.35. The highest BCUT2D eigenvalue weighted by atomic mass is 16.2. The molecule has 4 rings (SSSR count). The van der Waals surface area contributed by atoms with E-state index in [0.717, 1.165) is 21.8 Å². The average Bonchev–Trinajstić information content (AvgIpc) is 3.23. The second-order valence-electron chi connectivity index (χ2n) is 6.91. The van der Waals surface area contributed by atoms with Crippen LogP contribution in [0, 0.1) is 6.92 Å². The number of rotatable bonds is 5. The van der Waals surface area contributed by atoms with E-state index in [1.165, 1.54) is 0 Å². The minimum Gasteiger partial charge on any atom is -0.325 e. The number of aryl methyl sites for hydroxylation is 1. The van der Waals surface area contributed by atoms with Crippen LogP contribution in [-0.2, 0) is 9.59 Å². The summed E-state index contributed by atoms with van der Waals surface area (Å²) in [5.74, 6) is -0.981. The van der Waals surface area contributed by atoms with Gasteiger partial charge in [-0.25, -0.2) is 9.69 Å². The largest absolute Gasteiger partial charge is 0.329 e. The third-order valence-electron chi connectivity index (χ3n) is 4.70. The van der Waals surface area contributed by atoms with Gasteiger partial charge in [0.05, 0.1) is 0 Å². The number of hydrogen-bond acceptors (Lipinski definition) is 3. The van der Waals surface area contributed by atoms with Crippen LogP contribution in [0.25, 0.3) is 11.8 Å². The van der Waals surface area contributed by atoms with Crippen LogP contribution in [0.15, 0.2) is 78.6 Å². The number of imide groups is 1. The summed E-state index contributed by atoms with van der Waals surface area (Å²) in [5, 5.41) is 5.22. The fourth-order valence-corrected chi connectivity index (χ4v) is 3.29. The minimum absolute atomic E-state index is 0.137. The Balaban J connectivity index is 1.49. The monoisotopic (exact) mass is 400 g/mol. The minimum atomic E-state index is -0.617. The van der Waals surface area contributed by atoms with Crippen LogP contribution < -0.4 is 10.6 Å². The maximum Gasteiger partial charge on any atom is 0.329 e. The van der Waals surface area contributed by atoms with E-state index in [9.17, 15) is 14.4 Å². The molecule has 0 aliphatic carbocycles. The van der Waals surface area contributed by atoms with Gasteiger partial charge in [-0.2, -0.15) is 0 Å². The molecule has 4 amide bonds. The molecule has 0 bridgehead atoms. The first-order chi connectivity index (χ1) is 14.5. The summed E-state index contributed by atoms with van der Waals surface area (Å²) in [6.07, 6.45) is 3.50. The lowest BCUT2D eigenvalue weighted by atomic mass is 10.2. The van der Waals surface area contributed by atoms with Gasteiger partial charge in [-0.1, -0.05) is 36.4 Å². The first-order valence-corrected chi connectivity index (χ1v) is 9.45. The van der Waals surface area contributed by atoms with Crippen LogP contribution >= 0.6 is 0 Å². The van der Waals surface area contributed by atoms with Crippen molar-refractivity contribution in [2.75, 3.05) is 11.9 Å². The lowest BCUT2D eigenvalue weighted by molar-refractivity contribution is -0.127. The zero-order valence-corrected chi connectivity index (χ0v) is 16.3. The molecule has 0 unspecified atom stereocenters. The van der Waals surface area contributed by atoms with Crippen LogP contribution in [0.1, 0.15) is 11.3 Å². The van der Waals surface area contributed by atoms with E-state index in [0.29, 0.717) is 5.69 Å². The molecular formula is C23H20N4O3. The first-order valence-electron chi connectivity index (χ1n) is 9.45. The highest BCUT2D eigenvalue weighted by molar-refractivity contribution is 6.15. The fourth-order valence-electron chi connectivity index (χ4n) is 3.29. The summed E-state index contributed by atoms with van der Waals surface area (Å²) in [5.41, 5.74) is 3.50. The molecule has 7 heteroatoms. The molecule has 2 heterocycles. The number of benzene rings is 2. The number of carbonyl (C=O) groups excluding carboxylic acids is 3.